The van der Waals surface area contributed by atoms with E-state index in [1.54, 1.807) is 11.8 Å². The number of ether oxygens (including phenoxy) is 2. The van der Waals surface area contributed by atoms with Gasteiger partial charge in [0, 0.05) is 5.75 Å². The molecule has 0 saturated carbocycles. The molecule has 2 fully saturated rings. The molecule has 2 bridgehead atoms. The van der Waals surface area contributed by atoms with E-state index >= 15 is 0 Å². The second-order valence-electron chi connectivity index (χ2n) is 5.27. The van der Waals surface area contributed by atoms with Crippen LogP contribution >= 0.6 is 11.8 Å². The van der Waals surface area contributed by atoms with E-state index in [1.165, 1.54) is 0 Å². The molecule has 4 atom stereocenters. The minimum atomic E-state index is -0.953. The summed E-state index contributed by atoms with van der Waals surface area (Å²) >= 11 is 1.71. The largest absolute Gasteiger partial charge is 0.481 e. The van der Waals surface area contributed by atoms with E-state index in [0.29, 0.717) is 11.9 Å². The van der Waals surface area contributed by atoms with Crippen LogP contribution in [-0.2, 0) is 19.1 Å². The van der Waals surface area contributed by atoms with Crippen molar-refractivity contribution in [3.63, 3.8) is 0 Å². The van der Waals surface area contributed by atoms with Gasteiger partial charge >= 0.3 is 11.9 Å². The van der Waals surface area contributed by atoms with Crippen LogP contribution in [0.2, 0.25) is 0 Å². The van der Waals surface area contributed by atoms with Gasteiger partial charge < -0.3 is 14.6 Å². The van der Waals surface area contributed by atoms with Gasteiger partial charge in [-0.2, -0.15) is 11.8 Å². The number of fused-ring (bicyclic) bond motifs is 2. The van der Waals surface area contributed by atoms with Crippen LogP contribution in [0.15, 0.2) is 0 Å². The Labute approximate surface area is 117 Å². The lowest BCUT2D eigenvalue weighted by atomic mass is 9.79. The topological polar surface area (TPSA) is 72.8 Å². The third kappa shape index (κ3) is 3.23. The molecule has 0 unspecified atom stereocenters. The Morgan fingerprint density at radius 3 is 2.53 bits per heavy atom. The standard InChI is InChI=1S/C13H20O5S/c1-7(2)19-6-5-17-13(16)11-9-4-3-8(18-9)10(11)12(14)15/h7-11H,3-6H2,1-2H3,(H,14,15)/t8-,9+,10-,11+/m0/s1. The predicted molar refractivity (Wildman–Crippen MR) is 71.1 cm³/mol. The van der Waals surface area contributed by atoms with Crippen molar-refractivity contribution in [3.05, 3.63) is 0 Å². The number of rotatable bonds is 6. The molecule has 108 valence electrons. The van der Waals surface area contributed by atoms with Crippen LogP contribution in [-0.4, -0.2) is 46.9 Å². The van der Waals surface area contributed by atoms with Gasteiger partial charge in [0.15, 0.2) is 0 Å². The molecule has 2 aliphatic rings. The third-order valence-corrected chi connectivity index (χ3v) is 4.68. The predicted octanol–water partition coefficient (Wildman–Crippen LogP) is 1.55. The number of hydrogen-bond acceptors (Lipinski definition) is 5. The van der Waals surface area contributed by atoms with Gasteiger partial charge in [0.25, 0.3) is 0 Å². The highest BCUT2D eigenvalue weighted by molar-refractivity contribution is 7.99. The Kier molecular flexibility index (Phi) is 4.73. The zero-order valence-corrected chi connectivity index (χ0v) is 12.0. The molecule has 1 N–H and O–H groups in total. The Balaban J connectivity index is 1.86. The number of carbonyl (C=O) groups excluding carboxylic acids is 1. The molecule has 0 aromatic heterocycles. The van der Waals surface area contributed by atoms with Crippen LogP contribution in [0, 0.1) is 11.8 Å². The highest BCUT2D eigenvalue weighted by Crippen LogP contribution is 2.44. The average Bonchev–Trinajstić information content (AvgIpc) is 2.93. The fourth-order valence-corrected chi connectivity index (χ4v) is 3.46. The van der Waals surface area contributed by atoms with Crippen molar-refractivity contribution in [1.82, 2.24) is 0 Å². The first-order valence-corrected chi connectivity index (χ1v) is 7.72. The molecule has 0 radical (unpaired) electrons. The summed E-state index contributed by atoms with van der Waals surface area (Å²) in [7, 11) is 0. The van der Waals surface area contributed by atoms with Gasteiger partial charge in [0.05, 0.1) is 24.0 Å². The summed E-state index contributed by atoms with van der Waals surface area (Å²) in [5, 5.41) is 9.70. The molecule has 2 heterocycles. The molecule has 0 aromatic carbocycles. The summed E-state index contributed by atoms with van der Waals surface area (Å²) in [6.07, 6.45) is 0.908. The number of hydrogen-bond donors (Lipinski definition) is 1. The monoisotopic (exact) mass is 288 g/mol. The zero-order valence-electron chi connectivity index (χ0n) is 11.2. The Morgan fingerprint density at radius 1 is 1.32 bits per heavy atom. The zero-order chi connectivity index (χ0) is 14.0. The maximum absolute atomic E-state index is 12.0. The van der Waals surface area contributed by atoms with E-state index in [1.807, 2.05) is 0 Å². The first-order valence-electron chi connectivity index (χ1n) is 6.67. The summed E-state index contributed by atoms with van der Waals surface area (Å²) in [4.78, 5) is 23.3. The number of carboxylic acids is 1. The molecule has 2 aliphatic heterocycles. The van der Waals surface area contributed by atoms with Crippen LogP contribution in [0.25, 0.3) is 0 Å². The van der Waals surface area contributed by atoms with Crippen molar-refractivity contribution < 1.29 is 24.2 Å². The maximum atomic E-state index is 12.0. The number of carboxylic acid groups (broad SMARTS) is 1. The van der Waals surface area contributed by atoms with Crippen LogP contribution in [0.1, 0.15) is 26.7 Å². The molecule has 0 aromatic rings. The van der Waals surface area contributed by atoms with Gasteiger partial charge in [-0.25, -0.2) is 0 Å². The van der Waals surface area contributed by atoms with Crippen molar-refractivity contribution >= 4 is 23.7 Å². The number of esters is 1. The SMILES string of the molecule is CC(C)SCCOC(=O)[C@H]1[C@@H](C(=O)O)[C@@H]2CC[C@H]1O2. The smallest absolute Gasteiger partial charge is 0.312 e. The van der Waals surface area contributed by atoms with E-state index in [9.17, 15) is 14.7 Å². The third-order valence-electron chi connectivity index (χ3n) is 3.61. The van der Waals surface area contributed by atoms with E-state index < -0.39 is 23.8 Å². The van der Waals surface area contributed by atoms with Gasteiger partial charge in [-0.3, -0.25) is 9.59 Å². The molecule has 19 heavy (non-hydrogen) atoms. The second kappa shape index (κ2) is 6.13. The van der Waals surface area contributed by atoms with Gasteiger partial charge in [-0.1, -0.05) is 13.8 Å². The lowest BCUT2D eigenvalue weighted by molar-refractivity contribution is -0.157. The summed E-state index contributed by atoms with van der Waals surface area (Å²) in [5.41, 5.74) is 0. The van der Waals surface area contributed by atoms with Crippen LogP contribution in [0.3, 0.4) is 0 Å². The number of aliphatic carboxylic acids is 1. The summed E-state index contributed by atoms with van der Waals surface area (Å²) in [6.45, 7) is 4.50. The van der Waals surface area contributed by atoms with Crippen LogP contribution in [0.5, 0.6) is 0 Å². The van der Waals surface area contributed by atoms with Crippen molar-refractivity contribution in [2.75, 3.05) is 12.4 Å². The molecule has 0 aliphatic carbocycles. The summed E-state index contributed by atoms with van der Waals surface area (Å²) in [6, 6.07) is 0. The lowest BCUT2D eigenvalue weighted by Gasteiger charge is -2.23. The Hall–Kier alpha value is -0.750. The highest BCUT2D eigenvalue weighted by Gasteiger charge is 2.56. The van der Waals surface area contributed by atoms with Crippen LogP contribution in [0.4, 0.5) is 0 Å². The van der Waals surface area contributed by atoms with E-state index in [4.69, 9.17) is 9.47 Å². The summed E-state index contributed by atoms with van der Waals surface area (Å²) < 4.78 is 10.7. The fraction of sp³-hybridized carbons (Fsp3) is 0.846. The quantitative estimate of drug-likeness (QED) is 0.590. The second-order valence-corrected chi connectivity index (χ2v) is 6.95. The fourth-order valence-electron chi connectivity index (χ4n) is 2.81. The molecular weight excluding hydrogens is 268 g/mol. The van der Waals surface area contributed by atoms with Crippen LogP contribution < -0.4 is 0 Å². The average molecular weight is 288 g/mol. The maximum Gasteiger partial charge on any atom is 0.312 e. The van der Waals surface area contributed by atoms with Crippen molar-refractivity contribution in [1.29, 1.82) is 0 Å². The highest BCUT2D eigenvalue weighted by atomic mass is 32.2. The number of thioether (sulfide) groups is 1. The molecule has 6 heteroatoms. The lowest BCUT2D eigenvalue weighted by Crippen LogP contribution is -2.39. The minimum absolute atomic E-state index is 0.267. The van der Waals surface area contributed by atoms with E-state index in [0.717, 1.165) is 18.6 Å². The molecule has 0 spiro atoms. The molecule has 5 nitrogen and oxygen atoms in total. The molecule has 2 saturated heterocycles. The van der Waals surface area contributed by atoms with Crippen molar-refractivity contribution in [3.8, 4) is 0 Å². The molecular formula is C13H20O5S. The first kappa shape index (κ1) is 14.7. The Morgan fingerprint density at radius 2 is 1.95 bits per heavy atom. The minimum Gasteiger partial charge on any atom is -0.481 e. The summed E-state index contributed by atoms with van der Waals surface area (Å²) in [5.74, 6) is -1.98. The van der Waals surface area contributed by atoms with E-state index in [-0.39, 0.29) is 12.2 Å². The van der Waals surface area contributed by atoms with Crippen molar-refractivity contribution in [2.24, 2.45) is 11.8 Å². The molecule has 2 rings (SSSR count). The Bertz CT molecular complexity index is 357. The van der Waals surface area contributed by atoms with Gasteiger partial charge in [-0.15, -0.1) is 0 Å². The molecule has 0 amide bonds. The van der Waals surface area contributed by atoms with Gasteiger partial charge in [0.2, 0.25) is 0 Å². The normalized spacial score (nSPS) is 32.8. The van der Waals surface area contributed by atoms with Crippen molar-refractivity contribution in [2.45, 2.75) is 44.1 Å². The first-order chi connectivity index (χ1) is 9.00. The van der Waals surface area contributed by atoms with Gasteiger partial charge in [-0.05, 0) is 18.1 Å². The number of carbonyl (C=O) groups is 2. The van der Waals surface area contributed by atoms with E-state index in [2.05, 4.69) is 13.8 Å². The van der Waals surface area contributed by atoms with Gasteiger partial charge in [0.1, 0.15) is 6.61 Å².